The smallest absolute Gasteiger partial charge is 0.220 e. The van der Waals surface area contributed by atoms with Gasteiger partial charge in [-0.1, -0.05) is 36.8 Å². The minimum absolute atomic E-state index is 0.0681. The Morgan fingerprint density at radius 1 is 1.38 bits per heavy atom. The molecule has 1 aromatic carbocycles. The monoisotopic (exact) mass is 220 g/mol. The molecule has 1 atom stereocenters. The van der Waals surface area contributed by atoms with Gasteiger partial charge in [0, 0.05) is 13.0 Å². The summed E-state index contributed by atoms with van der Waals surface area (Å²) >= 11 is 0. The van der Waals surface area contributed by atoms with Gasteiger partial charge in [0.15, 0.2) is 0 Å². The van der Waals surface area contributed by atoms with E-state index >= 15 is 0 Å². The van der Waals surface area contributed by atoms with Gasteiger partial charge in [-0.2, -0.15) is 0 Å². The first-order chi connectivity index (χ1) is 7.61. The Hall–Kier alpha value is -1.35. The molecule has 0 fully saturated rings. The van der Waals surface area contributed by atoms with E-state index in [2.05, 4.69) is 5.32 Å². The van der Waals surface area contributed by atoms with Crippen LogP contribution in [0.3, 0.4) is 0 Å². The number of nitrogens with two attached hydrogens (primary N) is 1. The van der Waals surface area contributed by atoms with Crippen LogP contribution in [-0.2, 0) is 11.3 Å². The van der Waals surface area contributed by atoms with Crippen molar-refractivity contribution >= 4 is 5.91 Å². The summed E-state index contributed by atoms with van der Waals surface area (Å²) in [5.41, 5.74) is 7.82. The van der Waals surface area contributed by atoms with E-state index in [0.717, 1.165) is 5.56 Å². The number of nitrogens with one attached hydrogen (secondary N) is 1. The van der Waals surface area contributed by atoms with Crippen molar-refractivity contribution in [3.8, 4) is 0 Å². The molecule has 1 aromatic rings. The van der Waals surface area contributed by atoms with Crippen LogP contribution >= 0.6 is 0 Å². The summed E-state index contributed by atoms with van der Waals surface area (Å²) in [4.78, 5) is 11.5. The normalized spacial score (nSPS) is 12.2. The minimum Gasteiger partial charge on any atom is -0.352 e. The molecule has 3 nitrogen and oxygen atoms in total. The third kappa shape index (κ3) is 4.45. The molecule has 0 aromatic heterocycles. The fraction of sp³-hybridized carbons (Fsp3) is 0.462. The van der Waals surface area contributed by atoms with E-state index in [1.54, 1.807) is 0 Å². The lowest BCUT2D eigenvalue weighted by molar-refractivity contribution is -0.122. The Morgan fingerprint density at radius 2 is 2.00 bits per heavy atom. The van der Waals surface area contributed by atoms with Crippen molar-refractivity contribution < 1.29 is 4.79 Å². The summed E-state index contributed by atoms with van der Waals surface area (Å²) in [5, 5.41) is 2.89. The third-order valence-electron chi connectivity index (χ3n) is 2.55. The van der Waals surface area contributed by atoms with Crippen LogP contribution < -0.4 is 11.1 Å². The number of rotatable bonds is 5. The average molecular weight is 220 g/mol. The van der Waals surface area contributed by atoms with Gasteiger partial charge in [-0.15, -0.1) is 0 Å². The lowest BCUT2D eigenvalue weighted by atomic mass is 10.1. The van der Waals surface area contributed by atoms with Crippen LogP contribution in [0, 0.1) is 12.8 Å². The zero-order valence-corrected chi connectivity index (χ0v) is 9.99. The maximum absolute atomic E-state index is 11.5. The lowest BCUT2D eigenvalue weighted by Gasteiger charge is -2.09. The van der Waals surface area contributed by atoms with Gasteiger partial charge >= 0.3 is 0 Å². The molecule has 3 N–H and O–H groups in total. The Morgan fingerprint density at radius 3 is 2.56 bits per heavy atom. The average Bonchev–Trinajstić information content (AvgIpc) is 2.28. The van der Waals surface area contributed by atoms with E-state index in [9.17, 15) is 4.79 Å². The molecule has 1 rings (SSSR count). The molecule has 0 heterocycles. The molecule has 3 heteroatoms. The number of carbonyl (C=O) groups excluding carboxylic acids is 1. The van der Waals surface area contributed by atoms with Crippen molar-refractivity contribution in [3.05, 3.63) is 35.4 Å². The van der Waals surface area contributed by atoms with Crippen molar-refractivity contribution in [2.24, 2.45) is 11.7 Å². The molecule has 1 unspecified atom stereocenters. The second-order valence-electron chi connectivity index (χ2n) is 4.31. The van der Waals surface area contributed by atoms with Crippen molar-refractivity contribution in [1.82, 2.24) is 5.32 Å². The number of hydrogen-bond acceptors (Lipinski definition) is 2. The second-order valence-corrected chi connectivity index (χ2v) is 4.31. The summed E-state index contributed by atoms with van der Waals surface area (Å²) in [5.74, 6) is 0.316. The highest BCUT2D eigenvalue weighted by Gasteiger charge is 2.06. The Balaban J connectivity index is 2.34. The fourth-order valence-electron chi connectivity index (χ4n) is 1.38. The largest absolute Gasteiger partial charge is 0.352 e. The molecule has 0 saturated heterocycles. The van der Waals surface area contributed by atoms with Crippen molar-refractivity contribution in [1.29, 1.82) is 0 Å². The van der Waals surface area contributed by atoms with Gasteiger partial charge in [0.2, 0.25) is 5.91 Å². The highest BCUT2D eigenvalue weighted by atomic mass is 16.1. The van der Waals surface area contributed by atoms with Crippen LogP contribution in [0.4, 0.5) is 0 Å². The zero-order valence-electron chi connectivity index (χ0n) is 9.99. The topological polar surface area (TPSA) is 55.1 Å². The van der Waals surface area contributed by atoms with Crippen LogP contribution in [0.2, 0.25) is 0 Å². The van der Waals surface area contributed by atoms with E-state index < -0.39 is 0 Å². The second kappa shape index (κ2) is 6.28. The highest BCUT2D eigenvalue weighted by molar-refractivity contribution is 5.76. The number of carbonyl (C=O) groups is 1. The van der Waals surface area contributed by atoms with Gasteiger partial charge < -0.3 is 11.1 Å². The van der Waals surface area contributed by atoms with E-state index in [1.165, 1.54) is 5.56 Å². The molecule has 88 valence electrons. The van der Waals surface area contributed by atoms with Gasteiger partial charge in [-0.25, -0.2) is 0 Å². The Kier molecular flexibility index (Phi) is 4.99. The molecular formula is C13H20N2O. The summed E-state index contributed by atoms with van der Waals surface area (Å²) in [6.45, 7) is 5.17. The molecule has 0 aliphatic heterocycles. The molecule has 0 saturated carbocycles. The zero-order chi connectivity index (χ0) is 12.0. The van der Waals surface area contributed by atoms with E-state index in [4.69, 9.17) is 5.73 Å². The van der Waals surface area contributed by atoms with E-state index in [1.807, 2.05) is 38.1 Å². The molecule has 16 heavy (non-hydrogen) atoms. The quantitative estimate of drug-likeness (QED) is 0.792. The van der Waals surface area contributed by atoms with Crippen molar-refractivity contribution in [2.45, 2.75) is 26.8 Å². The van der Waals surface area contributed by atoms with Gasteiger partial charge in [0.25, 0.3) is 0 Å². The van der Waals surface area contributed by atoms with Crippen LogP contribution in [-0.4, -0.2) is 12.5 Å². The molecule has 0 aliphatic rings. The van der Waals surface area contributed by atoms with Crippen LogP contribution in [0.15, 0.2) is 24.3 Å². The standard InChI is InChI=1S/C13H20N2O/c1-10-3-5-12(6-4-10)9-15-13(16)7-11(2)8-14/h3-6,11H,7-9,14H2,1-2H3,(H,15,16). The lowest BCUT2D eigenvalue weighted by Crippen LogP contribution is -2.26. The summed E-state index contributed by atoms with van der Waals surface area (Å²) in [6, 6.07) is 8.15. The van der Waals surface area contributed by atoms with E-state index in [0.29, 0.717) is 19.5 Å². The Labute approximate surface area is 97.0 Å². The number of amides is 1. The van der Waals surface area contributed by atoms with Crippen LogP contribution in [0.1, 0.15) is 24.5 Å². The number of aryl methyl sites for hydroxylation is 1. The predicted molar refractivity (Wildman–Crippen MR) is 65.9 cm³/mol. The summed E-state index contributed by atoms with van der Waals surface area (Å²) < 4.78 is 0. The summed E-state index contributed by atoms with van der Waals surface area (Å²) in [6.07, 6.45) is 0.502. The SMILES string of the molecule is Cc1ccc(CNC(=O)CC(C)CN)cc1. The molecule has 0 aliphatic carbocycles. The molecule has 0 radical (unpaired) electrons. The van der Waals surface area contributed by atoms with Gasteiger partial charge in [-0.3, -0.25) is 4.79 Å². The first-order valence-electron chi connectivity index (χ1n) is 5.64. The maximum Gasteiger partial charge on any atom is 0.220 e. The summed E-state index contributed by atoms with van der Waals surface area (Å²) in [7, 11) is 0. The van der Waals surface area contributed by atoms with E-state index in [-0.39, 0.29) is 11.8 Å². The van der Waals surface area contributed by atoms with Gasteiger partial charge in [0.05, 0.1) is 0 Å². The maximum atomic E-state index is 11.5. The predicted octanol–water partition coefficient (Wildman–Crippen LogP) is 1.60. The molecular weight excluding hydrogens is 200 g/mol. The number of benzene rings is 1. The van der Waals surface area contributed by atoms with Crippen molar-refractivity contribution in [3.63, 3.8) is 0 Å². The van der Waals surface area contributed by atoms with Gasteiger partial charge in [-0.05, 0) is 24.9 Å². The molecule has 0 bridgehead atoms. The first-order valence-corrected chi connectivity index (χ1v) is 5.64. The molecule has 1 amide bonds. The first kappa shape index (κ1) is 12.7. The van der Waals surface area contributed by atoms with Crippen LogP contribution in [0.5, 0.6) is 0 Å². The minimum atomic E-state index is 0.0681. The Bertz CT molecular complexity index is 332. The third-order valence-corrected chi connectivity index (χ3v) is 2.55. The van der Waals surface area contributed by atoms with Crippen LogP contribution in [0.25, 0.3) is 0 Å². The van der Waals surface area contributed by atoms with Gasteiger partial charge in [0.1, 0.15) is 0 Å². The van der Waals surface area contributed by atoms with Crippen molar-refractivity contribution in [2.75, 3.05) is 6.54 Å². The number of hydrogen-bond donors (Lipinski definition) is 2. The molecule has 0 spiro atoms. The highest BCUT2D eigenvalue weighted by Crippen LogP contribution is 2.03. The fourth-order valence-corrected chi connectivity index (χ4v) is 1.38.